The van der Waals surface area contributed by atoms with Gasteiger partial charge in [0.15, 0.2) is 34.9 Å². The zero-order valence-corrected chi connectivity index (χ0v) is 36.1. The molecule has 12 aromatic rings. The maximum Gasteiger partial charge on any atom is 0.164 e. The molecule has 3 aromatic heterocycles. The van der Waals surface area contributed by atoms with E-state index in [1.165, 1.54) is 0 Å². The molecular weight excluding hydrogens is 819 g/mol. The fourth-order valence-corrected chi connectivity index (χ4v) is 8.90. The summed E-state index contributed by atoms with van der Waals surface area (Å²) in [7, 11) is 0. The minimum atomic E-state index is 0.544. The first-order valence-electron chi connectivity index (χ1n) is 22.3. The van der Waals surface area contributed by atoms with Crippen LogP contribution in [0.2, 0.25) is 0 Å². The van der Waals surface area contributed by atoms with Crippen molar-refractivity contribution in [3.63, 3.8) is 0 Å². The first kappa shape index (κ1) is 39.4. The number of para-hydroxylation sites is 3. The maximum absolute atomic E-state index is 5.33. The van der Waals surface area contributed by atoms with E-state index >= 15 is 0 Å². The van der Waals surface area contributed by atoms with Crippen molar-refractivity contribution in [3.8, 4) is 96.3 Å². The summed E-state index contributed by atoms with van der Waals surface area (Å²) in [5, 5.41) is 2.29. The average molecular weight is 858 g/mol. The lowest BCUT2D eigenvalue weighted by atomic mass is 9.94. The van der Waals surface area contributed by atoms with Gasteiger partial charge in [-0.1, -0.05) is 206 Å². The van der Waals surface area contributed by atoms with Gasteiger partial charge in [0, 0.05) is 55.4 Å². The van der Waals surface area contributed by atoms with Crippen molar-refractivity contribution in [2.75, 3.05) is 0 Å². The van der Waals surface area contributed by atoms with Gasteiger partial charge in [0.25, 0.3) is 0 Å². The Hall–Kier alpha value is -9.20. The third kappa shape index (κ3) is 7.50. The van der Waals surface area contributed by atoms with Gasteiger partial charge in [0.1, 0.15) is 0 Å². The molecule has 0 aliphatic carbocycles. The quantitative estimate of drug-likeness (QED) is 0.144. The second kappa shape index (κ2) is 17.1. The molecule has 3 heterocycles. The van der Waals surface area contributed by atoms with Gasteiger partial charge in [-0.25, -0.2) is 29.9 Å². The van der Waals surface area contributed by atoms with Gasteiger partial charge in [-0.15, -0.1) is 0 Å². The summed E-state index contributed by atoms with van der Waals surface area (Å²) < 4.78 is 2.36. The van der Waals surface area contributed by atoms with Gasteiger partial charge in [-0.05, 0) is 47.0 Å². The zero-order valence-electron chi connectivity index (χ0n) is 36.1. The van der Waals surface area contributed by atoms with Gasteiger partial charge >= 0.3 is 0 Å². The van der Waals surface area contributed by atoms with Crippen molar-refractivity contribution in [2.24, 2.45) is 0 Å². The molecule has 0 amide bonds. The van der Waals surface area contributed by atoms with Gasteiger partial charge in [0.05, 0.1) is 11.0 Å². The van der Waals surface area contributed by atoms with Gasteiger partial charge in [-0.2, -0.15) is 0 Å². The number of fused-ring (bicyclic) bond motifs is 3. The van der Waals surface area contributed by atoms with E-state index in [4.69, 9.17) is 29.9 Å². The van der Waals surface area contributed by atoms with E-state index < -0.39 is 0 Å². The molecule has 67 heavy (non-hydrogen) atoms. The molecule has 7 nitrogen and oxygen atoms in total. The highest BCUT2D eigenvalue weighted by Crippen LogP contribution is 2.43. The van der Waals surface area contributed by atoms with Crippen LogP contribution in [0.3, 0.4) is 0 Å². The number of hydrogen-bond donors (Lipinski definition) is 0. The highest BCUT2D eigenvalue weighted by atomic mass is 15.0. The number of aromatic nitrogens is 7. The van der Waals surface area contributed by atoms with Gasteiger partial charge < -0.3 is 4.57 Å². The Bertz CT molecular complexity index is 3650. The number of rotatable bonds is 9. The lowest BCUT2D eigenvalue weighted by molar-refractivity contribution is 1.07. The molecule has 0 saturated carbocycles. The number of hydrogen-bond acceptors (Lipinski definition) is 6. The van der Waals surface area contributed by atoms with Crippen molar-refractivity contribution < 1.29 is 0 Å². The van der Waals surface area contributed by atoms with Gasteiger partial charge in [-0.3, -0.25) is 0 Å². The van der Waals surface area contributed by atoms with Crippen LogP contribution < -0.4 is 0 Å². The molecule has 0 atom stereocenters. The molecule has 12 rings (SSSR count). The molecule has 9 aromatic carbocycles. The van der Waals surface area contributed by atoms with Crippen LogP contribution in [0.1, 0.15) is 0 Å². The number of nitrogens with zero attached hydrogens (tertiary/aromatic N) is 7. The van der Waals surface area contributed by atoms with Crippen LogP contribution in [0.5, 0.6) is 0 Å². The Morgan fingerprint density at radius 3 is 1.18 bits per heavy atom. The first-order valence-corrected chi connectivity index (χ1v) is 22.3. The average Bonchev–Trinajstić information content (AvgIpc) is 3.76. The van der Waals surface area contributed by atoms with E-state index in [2.05, 4.69) is 144 Å². The standard InChI is InChI=1S/C60H39N7/c1-6-19-40(20-7-1)41-33-35-45(36-34-41)58-62-57(44-25-12-4-13-26-44)65-60(66-58)51-38-37-46(59-63-55(42-21-8-2-9-22-42)61-56(64-59)43-23-10-3-11-24-43)39-52(51)50-31-18-30-49-48-29-16-17-32-53(48)67(54(49)50)47-27-14-5-15-28-47/h1-39H. The van der Waals surface area contributed by atoms with Crippen molar-refractivity contribution in [1.82, 2.24) is 34.5 Å². The molecule has 0 bridgehead atoms. The predicted molar refractivity (Wildman–Crippen MR) is 271 cm³/mol. The molecule has 0 fully saturated rings. The number of benzene rings is 9. The topological polar surface area (TPSA) is 82.3 Å². The Labute approximate surface area is 387 Å². The molecule has 314 valence electrons. The molecule has 0 aliphatic heterocycles. The molecule has 0 aliphatic rings. The SMILES string of the molecule is c1ccc(-c2ccc(-c3nc(-c4ccccc4)nc(-c4ccc(-c5nc(-c6ccccc6)nc(-c6ccccc6)n5)cc4-c4cccc5c6ccccc6n(-c6ccccc6)c45)n3)cc2)cc1. The predicted octanol–water partition coefficient (Wildman–Crippen LogP) is 14.5. The maximum atomic E-state index is 5.33. The lowest BCUT2D eigenvalue weighted by Crippen LogP contribution is -2.03. The molecule has 0 N–H and O–H groups in total. The second-order valence-corrected chi connectivity index (χ2v) is 16.3. The highest BCUT2D eigenvalue weighted by Gasteiger charge is 2.23. The molecular formula is C60H39N7. The van der Waals surface area contributed by atoms with Crippen LogP contribution in [0.15, 0.2) is 237 Å². The largest absolute Gasteiger partial charge is 0.309 e. The summed E-state index contributed by atoms with van der Waals surface area (Å²) in [4.78, 5) is 31.1. The van der Waals surface area contributed by atoms with Crippen LogP contribution in [-0.2, 0) is 0 Å². The minimum Gasteiger partial charge on any atom is -0.309 e. The van der Waals surface area contributed by atoms with E-state index in [9.17, 15) is 0 Å². The Morgan fingerprint density at radius 1 is 0.239 bits per heavy atom. The normalized spacial score (nSPS) is 11.3. The van der Waals surface area contributed by atoms with E-state index in [-0.39, 0.29) is 0 Å². The summed E-state index contributed by atoms with van der Waals surface area (Å²) in [6.45, 7) is 0. The van der Waals surface area contributed by atoms with Crippen molar-refractivity contribution in [3.05, 3.63) is 237 Å². The van der Waals surface area contributed by atoms with Crippen LogP contribution in [0.4, 0.5) is 0 Å². The Balaban J connectivity index is 1.13. The third-order valence-corrected chi connectivity index (χ3v) is 12.1. The van der Waals surface area contributed by atoms with Crippen LogP contribution in [0, 0.1) is 0 Å². The van der Waals surface area contributed by atoms with Crippen molar-refractivity contribution in [2.45, 2.75) is 0 Å². The molecule has 0 unspecified atom stereocenters. The van der Waals surface area contributed by atoms with E-state index in [0.717, 1.165) is 83.1 Å². The van der Waals surface area contributed by atoms with E-state index in [0.29, 0.717) is 34.9 Å². The van der Waals surface area contributed by atoms with Gasteiger partial charge in [0.2, 0.25) is 0 Å². The van der Waals surface area contributed by atoms with E-state index in [1.807, 2.05) is 97.1 Å². The zero-order chi connectivity index (χ0) is 44.5. The van der Waals surface area contributed by atoms with Crippen LogP contribution in [-0.4, -0.2) is 34.5 Å². The Kier molecular flexibility index (Phi) is 10.0. The summed E-state index contributed by atoms with van der Waals surface area (Å²) in [5.41, 5.74) is 12.7. The third-order valence-electron chi connectivity index (χ3n) is 12.1. The lowest BCUT2D eigenvalue weighted by Gasteiger charge is -2.17. The monoisotopic (exact) mass is 857 g/mol. The summed E-state index contributed by atoms with van der Waals surface area (Å²) in [6.07, 6.45) is 0. The molecule has 7 heteroatoms. The minimum absolute atomic E-state index is 0.544. The highest BCUT2D eigenvalue weighted by molar-refractivity contribution is 6.14. The summed E-state index contributed by atoms with van der Waals surface area (Å²) in [5.74, 6) is 3.44. The first-order chi connectivity index (χ1) is 33.2. The van der Waals surface area contributed by atoms with Crippen molar-refractivity contribution in [1.29, 1.82) is 0 Å². The fraction of sp³-hybridized carbons (Fsp3) is 0. The molecule has 0 saturated heterocycles. The Morgan fingerprint density at radius 2 is 0.627 bits per heavy atom. The van der Waals surface area contributed by atoms with Crippen LogP contribution >= 0.6 is 0 Å². The second-order valence-electron chi connectivity index (χ2n) is 16.3. The van der Waals surface area contributed by atoms with Crippen molar-refractivity contribution >= 4 is 21.8 Å². The summed E-state index contributed by atoms with van der Waals surface area (Å²) in [6, 6.07) is 81.2. The molecule has 0 spiro atoms. The van der Waals surface area contributed by atoms with Crippen LogP contribution in [0.25, 0.3) is 118 Å². The molecule has 0 radical (unpaired) electrons. The smallest absolute Gasteiger partial charge is 0.164 e. The van der Waals surface area contributed by atoms with E-state index in [1.54, 1.807) is 0 Å². The fourth-order valence-electron chi connectivity index (χ4n) is 8.90. The summed E-state index contributed by atoms with van der Waals surface area (Å²) >= 11 is 0.